The monoisotopic (exact) mass is 298 g/mol. The molecular formula is C15H23BrO. The Kier molecular flexibility index (Phi) is 5.51. The van der Waals surface area contributed by atoms with Crippen LogP contribution in [0.2, 0.25) is 0 Å². The van der Waals surface area contributed by atoms with Crippen LogP contribution in [0.3, 0.4) is 0 Å². The predicted octanol–water partition coefficient (Wildman–Crippen LogP) is 4.84. The minimum absolute atomic E-state index is 0.573. The van der Waals surface area contributed by atoms with Gasteiger partial charge in [0.15, 0.2) is 0 Å². The van der Waals surface area contributed by atoms with E-state index in [0.29, 0.717) is 11.8 Å². The average molecular weight is 299 g/mol. The van der Waals surface area contributed by atoms with E-state index < -0.39 is 0 Å². The van der Waals surface area contributed by atoms with E-state index in [1.165, 1.54) is 16.7 Å². The van der Waals surface area contributed by atoms with Crippen molar-refractivity contribution in [2.75, 3.05) is 11.9 Å². The van der Waals surface area contributed by atoms with Gasteiger partial charge in [0, 0.05) is 5.33 Å². The van der Waals surface area contributed by atoms with Gasteiger partial charge < -0.3 is 4.74 Å². The van der Waals surface area contributed by atoms with Crippen molar-refractivity contribution < 1.29 is 4.74 Å². The van der Waals surface area contributed by atoms with Gasteiger partial charge in [0.05, 0.1) is 6.61 Å². The number of hydrogen-bond acceptors (Lipinski definition) is 1. The first kappa shape index (κ1) is 14.6. The first-order valence-electron chi connectivity index (χ1n) is 6.31. The van der Waals surface area contributed by atoms with Gasteiger partial charge in [-0.05, 0) is 55.4 Å². The van der Waals surface area contributed by atoms with Crippen molar-refractivity contribution in [1.29, 1.82) is 0 Å². The number of benzene rings is 1. The molecule has 0 bridgehead atoms. The number of ether oxygens (including phenoxy) is 1. The summed E-state index contributed by atoms with van der Waals surface area (Å²) in [4.78, 5) is 0. The predicted molar refractivity (Wildman–Crippen MR) is 78.5 cm³/mol. The molecule has 2 heteroatoms. The van der Waals surface area contributed by atoms with Gasteiger partial charge in [-0.3, -0.25) is 0 Å². The molecule has 0 aliphatic heterocycles. The lowest BCUT2D eigenvalue weighted by Gasteiger charge is -2.22. The highest BCUT2D eigenvalue weighted by molar-refractivity contribution is 9.09. The second kappa shape index (κ2) is 6.44. The normalized spacial score (nSPS) is 14.5. The van der Waals surface area contributed by atoms with Crippen LogP contribution in [0.5, 0.6) is 5.75 Å². The maximum Gasteiger partial charge on any atom is 0.122 e. The van der Waals surface area contributed by atoms with Crippen LogP contribution in [0.15, 0.2) is 12.1 Å². The SMILES string of the molecule is CCOc1ccc(C(C)C(C)CBr)c(C)c1C. The standard InChI is InChI=1S/C15H23BrO/c1-6-17-15-8-7-14(12(4)13(15)5)11(3)10(2)9-16/h7-8,10-11H,6,9H2,1-5H3. The summed E-state index contributed by atoms with van der Waals surface area (Å²) in [6.45, 7) is 11.7. The Morgan fingerprint density at radius 2 is 1.82 bits per heavy atom. The molecule has 0 N–H and O–H groups in total. The Balaban J connectivity index is 3.07. The first-order valence-corrected chi connectivity index (χ1v) is 7.43. The molecule has 0 aromatic heterocycles. The van der Waals surface area contributed by atoms with Crippen LogP contribution in [0.4, 0.5) is 0 Å². The molecule has 96 valence electrons. The van der Waals surface area contributed by atoms with Crippen LogP contribution < -0.4 is 4.74 Å². The van der Waals surface area contributed by atoms with Crippen molar-refractivity contribution in [2.45, 2.75) is 40.5 Å². The Hall–Kier alpha value is -0.500. The van der Waals surface area contributed by atoms with Gasteiger partial charge in [-0.25, -0.2) is 0 Å². The molecule has 0 aliphatic rings. The molecule has 1 nitrogen and oxygen atoms in total. The van der Waals surface area contributed by atoms with Crippen molar-refractivity contribution >= 4 is 15.9 Å². The number of hydrogen-bond donors (Lipinski definition) is 0. The van der Waals surface area contributed by atoms with E-state index >= 15 is 0 Å². The van der Waals surface area contributed by atoms with Gasteiger partial charge in [0.1, 0.15) is 5.75 Å². The minimum atomic E-state index is 0.573. The van der Waals surface area contributed by atoms with Crippen molar-refractivity contribution in [2.24, 2.45) is 5.92 Å². The van der Waals surface area contributed by atoms with E-state index in [-0.39, 0.29) is 0 Å². The molecule has 1 rings (SSSR count). The summed E-state index contributed by atoms with van der Waals surface area (Å²) in [5.41, 5.74) is 4.09. The second-order valence-corrected chi connectivity index (χ2v) is 5.40. The number of alkyl halides is 1. The largest absolute Gasteiger partial charge is 0.494 e. The maximum atomic E-state index is 5.63. The third-order valence-corrected chi connectivity index (χ3v) is 4.69. The summed E-state index contributed by atoms with van der Waals surface area (Å²) in [6.07, 6.45) is 0. The number of rotatable bonds is 5. The van der Waals surface area contributed by atoms with Crippen LogP contribution in [-0.4, -0.2) is 11.9 Å². The molecule has 0 heterocycles. The molecule has 0 radical (unpaired) electrons. The Labute approximate surface area is 114 Å². The highest BCUT2D eigenvalue weighted by Crippen LogP contribution is 2.32. The van der Waals surface area contributed by atoms with Gasteiger partial charge in [0.25, 0.3) is 0 Å². The summed E-state index contributed by atoms with van der Waals surface area (Å²) in [5, 5.41) is 1.04. The van der Waals surface area contributed by atoms with Gasteiger partial charge in [-0.2, -0.15) is 0 Å². The molecule has 17 heavy (non-hydrogen) atoms. The maximum absolute atomic E-state index is 5.63. The van der Waals surface area contributed by atoms with E-state index in [1.807, 2.05) is 6.92 Å². The van der Waals surface area contributed by atoms with Crippen LogP contribution in [0.1, 0.15) is 43.4 Å². The second-order valence-electron chi connectivity index (χ2n) is 4.76. The fourth-order valence-electron chi connectivity index (χ4n) is 2.06. The molecule has 0 fully saturated rings. The van der Waals surface area contributed by atoms with Crippen LogP contribution in [-0.2, 0) is 0 Å². The van der Waals surface area contributed by atoms with Crippen molar-refractivity contribution in [3.8, 4) is 5.75 Å². The van der Waals surface area contributed by atoms with E-state index in [9.17, 15) is 0 Å². The fraction of sp³-hybridized carbons (Fsp3) is 0.600. The van der Waals surface area contributed by atoms with Gasteiger partial charge in [-0.15, -0.1) is 0 Å². The third kappa shape index (κ3) is 3.25. The summed E-state index contributed by atoms with van der Waals surface area (Å²) >= 11 is 3.57. The van der Waals surface area contributed by atoms with E-state index in [4.69, 9.17) is 4.74 Å². The molecule has 1 aromatic rings. The van der Waals surface area contributed by atoms with E-state index in [2.05, 4.69) is 55.8 Å². The van der Waals surface area contributed by atoms with Gasteiger partial charge >= 0.3 is 0 Å². The molecule has 0 aliphatic carbocycles. The van der Waals surface area contributed by atoms with Crippen molar-refractivity contribution in [3.05, 3.63) is 28.8 Å². The molecule has 0 saturated heterocycles. The molecule has 0 spiro atoms. The summed E-state index contributed by atoms with van der Waals surface area (Å²) < 4.78 is 5.63. The van der Waals surface area contributed by atoms with Crippen LogP contribution >= 0.6 is 15.9 Å². The molecule has 2 atom stereocenters. The lowest BCUT2D eigenvalue weighted by molar-refractivity contribution is 0.337. The van der Waals surface area contributed by atoms with E-state index in [1.54, 1.807) is 0 Å². The Bertz CT molecular complexity index is 373. The molecule has 1 aromatic carbocycles. The average Bonchev–Trinajstić information content (AvgIpc) is 2.33. The highest BCUT2D eigenvalue weighted by Gasteiger charge is 2.17. The van der Waals surface area contributed by atoms with Crippen LogP contribution in [0.25, 0.3) is 0 Å². The zero-order chi connectivity index (χ0) is 13.0. The smallest absolute Gasteiger partial charge is 0.122 e. The highest BCUT2D eigenvalue weighted by atomic mass is 79.9. The van der Waals surface area contributed by atoms with Gasteiger partial charge in [-0.1, -0.05) is 35.8 Å². The lowest BCUT2D eigenvalue weighted by Crippen LogP contribution is -2.10. The zero-order valence-electron chi connectivity index (χ0n) is 11.5. The molecule has 0 saturated carbocycles. The fourth-order valence-corrected chi connectivity index (χ4v) is 2.62. The third-order valence-electron chi connectivity index (χ3n) is 3.67. The first-order chi connectivity index (χ1) is 8.02. The van der Waals surface area contributed by atoms with Crippen molar-refractivity contribution in [1.82, 2.24) is 0 Å². The Morgan fingerprint density at radius 1 is 1.18 bits per heavy atom. The Morgan fingerprint density at radius 3 is 2.35 bits per heavy atom. The van der Waals surface area contributed by atoms with Gasteiger partial charge in [0.2, 0.25) is 0 Å². The summed E-state index contributed by atoms with van der Waals surface area (Å²) in [5.74, 6) is 2.24. The zero-order valence-corrected chi connectivity index (χ0v) is 13.1. The number of halogens is 1. The quantitative estimate of drug-likeness (QED) is 0.707. The topological polar surface area (TPSA) is 9.23 Å². The molecular weight excluding hydrogens is 276 g/mol. The lowest BCUT2D eigenvalue weighted by atomic mass is 9.86. The molecule has 2 unspecified atom stereocenters. The van der Waals surface area contributed by atoms with Crippen LogP contribution in [0, 0.1) is 19.8 Å². The summed E-state index contributed by atoms with van der Waals surface area (Å²) in [7, 11) is 0. The molecule has 0 amide bonds. The summed E-state index contributed by atoms with van der Waals surface area (Å²) in [6, 6.07) is 4.33. The van der Waals surface area contributed by atoms with Crippen molar-refractivity contribution in [3.63, 3.8) is 0 Å². The van der Waals surface area contributed by atoms with E-state index in [0.717, 1.165) is 17.7 Å². The minimum Gasteiger partial charge on any atom is -0.494 e.